The molecule has 0 bridgehead atoms. The van der Waals surface area contributed by atoms with Gasteiger partial charge >= 0.3 is 6.03 Å². The average molecular weight is 332 g/mol. The molecule has 0 saturated carbocycles. The Morgan fingerprint density at radius 1 is 1.04 bits per heavy atom. The molecule has 1 aromatic carbocycles. The second-order valence-corrected chi connectivity index (χ2v) is 5.81. The smallest absolute Gasteiger partial charge is 0.321 e. The number of urea groups is 1. The zero-order valence-electron chi connectivity index (χ0n) is 14.0. The minimum Gasteiger partial charge on any atom is -0.340 e. The lowest BCUT2D eigenvalue weighted by Crippen LogP contribution is -2.49. The maximum atomic E-state index is 11.8. The van der Waals surface area contributed by atoms with Gasteiger partial charge in [-0.25, -0.2) is 4.79 Å². The predicted molar refractivity (Wildman–Crippen MR) is 90.1 cm³/mol. The minimum absolute atomic E-state index is 0.0856. The van der Waals surface area contributed by atoms with E-state index in [9.17, 15) is 14.4 Å². The van der Waals surface area contributed by atoms with E-state index in [0.717, 1.165) is 18.7 Å². The summed E-state index contributed by atoms with van der Waals surface area (Å²) in [5.74, 6) is -0.211. The van der Waals surface area contributed by atoms with Crippen LogP contribution in [0.25, 0.3) is 0 Å². The number of imide groups is 1. The van der Waals surface area contributed by atoms with Crippen molar-refractivity contribution in [3.05, 3.63) is 35.9 Å². The molecule has 7 heteroatoms. The van der Waals surface area contributed by atoms with E-state index in [1.54, 1.807) is 11.8 Å². The molecule has 2 N–H and O–H groups in total. The van der Waals surface area contributed by atoms with Crippen molar-refractivity contribution in [2.45, 2.75) is 19.9 Å². The molecule has 0 spiro atoms. The zero-order valence-corrected chi connectivity index (χ0v) is 14.0. The van der Waals surface area contributed by atoms with Gasteiger partial charge in [0.2, 0.25) is 11.8 Å². The van der Waals surface area contributed by atoms with E-state index in [0.29, 0.717) is 26.2 Å². The van der Waals surface area contributed by atoms with Gasteiger partial charge in [-0.1, -0.05) is 30.3 Å². The van der Waals surface area contributed by atoms with E-state index in [4.69, 9.17) is 0 Å². The minimum atomic E-state index is -0.481. The average Bonchev–Trinajstić information content (AvgIpc) is 2.59. The SMILES string of the molecule is CC(=O)N1CCN(CCC(=O)NC(=O)NCc2ccccc2)CC1. The molecule has 24 heavy (non-hydrogen) atoms. The largest absolute Gasteiger partial charge is 0.340 e. The van der Waals surface area contributed by atoms with E-state index in [1.165, 1.54) is 0 Å². The molecule has 130 valence electrons. The van der Waals surface area contributed by atoms with Crippen molar-refractivity contribution in [1.29, 1.82) is 0 Å². The monoisotopic (exact) mass is 332 g/mol. The van der Waals surface area contributed by atoms with Crippen LogP contribution in [0.2, 0.25) is 0 Å². The summed E-state index contributed by atoms with van der Waals surface area (Å²) in [5.41, 5.74) is 0.975. The summed E-state index contributed by atoms with van der Waals surface area (Å²) < 4.78 is 0. The third-order valence-corrected chi connectivity index (χ3v) is 4.02. The molecule has 0 aliphatic carbocycles. The highest BCUT2D eigenvalue weighted by Gasteiger charge is 2.19. The van der Waals surface area contributed by atoms with Crippen LogP contribution in [0.3, 0.4) is 0 Å². The highest BCUT2D eigenvalue weighted by Crippen LogP contribution is 2.02. The number of hydrogen-bond donors (Lipinski definition) is 2. The highest BCUT2D eigenvalue weighted by molar-refractivity contribution is 5.94. The molecule has 0 radical (unpaired) electrons. The fourth-order valence-electron chi connectivity index (χ4n) is 2.56. The molecule has 1 heterocycles. The number of hydrogen-bond acceptors (Lipinski definition) is 4. The number of piperazine rings is 1. The first-order valence-corrected chi connectivity index (χ1v) is 8.14. The third-order valence-electron chi connectivity index (χ3n) is 4.02. The van der Waals surface area contributed by atoms with Crippen LogP contribution >= 0.6 is 0 Å². The zero-order chi connectivity index (χ0) is 17.4. The summed E-state index contributed by atoms with van der Waals surface area (Å²) in [7, 11) is 0. The van der Waals surface area contributed by atoms with Crippen LogP contribution in [-0.2, 0) is 16.1 Å². The van der Waals surface area contributed by atoms with Crippen LogP contribution < -0.4 is 10.6 Å². The molecule has 0 unspecified atom stereocenters. The van der Waals surface area contributed by atoms with E-state index in [2.05, 4.69) is 15.5 Å². The summed E-state index contributed by atoms with van der Waals surface area (Å²) in [6, 6.07) is 9.03. The molecule has 1 aliphatic rings. The second-order valence-electron chi connectivity index (χ2n) is 5.81. The quantitative estimate of drug-likeness (QED) is 0.826. The standard InChI is InChI=1S/C17H24N4O3/c1-14(22)21-11-9-20(10-12-21)8-7-16(23)19-17(24)18-13-15-5-3-2-4-6-15/h2-6H,7-13H2,1H3,(H2,18,19,23,24). The highest BCUT2D eigenvalue weighted by atomic mass is 16.2. The van der Waals surface area contributed by atoms with Crippen molar-refractivity contribution in [1.82, 2.24) is 20.4 Å². The summed E-state index contributed by atoms with van der Waals surface area (Å²) in [6.07, 6.45) is 0.263. The Morgan fingerprint density at radius 3 is 2.33 bits per heavy atom. The first-order valence-electron chi connectivity index (χ1n) is 8.14. The lowest BCUT2D eigenvalue weighted by atomic mass is 10.2. The van der Waals surface area contributed by atoms with Crippen LogP contribution in [0.1, 0.15) is 18.9 Å². The first-order chi connectivity index (χ1) is 11.5. The molecule has 1 fully saturated rings. The number of rotatable bonds is 5. The predicted octanol–water partition coefficient (Wildman–Crippen LogP) is 0.567. The van der Waals surface area contributed by atoms with Crippen LogP contribution in [0.5, 0.6) is 0 Å². The lowest BCUT2D eigenvalue weighted by molar-refractivity contribution is -0.131. The molecular weight excluding hydrogens is 308 g/mol. The molecule has 1 aliphatic heterocycles. The van der Waals surface area contributed by atoms with Gasteiger partial charge in [0, 0.05) is 52.6 Å². The number of nitrogens with one attached hydrogen (secondary N) is 2. The van der Waals surface area contributed by atoms with Gasteiger partial charge < -0.3 is 10.2 Å². The topological polar surface area (TPSA) is 81.8 Å². The van der Waals surface area contributed by atoms with Gasteiger partial charge in [0.05, 0.1) is 0 Å². The van der Waals surface area contributed by atoms with Gasteiger partial charge in [0.25, 0.3) is 0 Å². The molecule has 1 aromatic rings. The Morgan fingerprint density at radius 2 is 1.71 bits per heavy atom. The van der Waals surface area contributed by atoms with Crippen molar-refractivity contribution in [3.63, 3.8) is 0 Å². The van der Waals surface area contributed by atoms with Crippen LogP contribution in [-0.4, -0.2) is 60.4 Å². The molecule has 2 rings (SSSR count). The Bertz CT molecular complexity index is 568. The van der Waals surface area contributed by atoms with Gasteiger partial charge in [-0.05, 0) is 5.56 Å². The molecule has 0 atom stereocenters. The van der Waals surface area contributed by atoms with Crippen LogP contribution in [0, 0.1) is 0 Å². The van der Waals surface area contributed by atoms with Gasteiger partial charge in [0.1, 0.15) is 0 Å². The Kier molecular flexibility index (Phi) is 6.74. The fourth-order valence-corrected chi connectivity index (χ4v) is 2.56. The molecule has 0 aromatic heterocycles. The van der Waals surface area contributed by atoms with Crippen molar-refractivity contribution in [2.24, 2.45) is 0 Å². The van der Waals surface area contributed by atoms with Gasteiger partial charge in [-0.3, -0.25) is 19.8 Å². The third kappa shape index (κ3) is 6.00. The Balaban J connectivity index is 1.61. The fraction of sp³-hybridized carbons (Fsp3) is 0.471. The van der Waals surface area contributed by atoms with Gasteiger partial charge in [0.15, 0.2) is 0 Å². The number of amides is 4. The van der Waals surface area contributed by atoms with Gasteiger partial charge in [-0.15, -0.1) is 0 Å². The summed E-state index contributed by atoms with van der Waals surface area (Å²) in [4.78, 5) is 38.7. The molecular formula is C17H24N4O3. The number of carbonyl (C=O) groups is 3. The van der Waals surface area contributed by atoms with Crippen LogP contribution in [0.15, 0.2) is 30.3 Å². The Hall–Kier alpha value is -2.41. The first kappa shape index (κ1) is 17.9. The maximum absolute atomic E-state index is 11.8. The lowest BCUT2D eigenvalue weighted by Gasteiger charge is -2.33. The summed E-state index contributed by atoms with van der Waals surface area (Å²) >= 11 is 0. The number of nitrogens with zero attached hydrogens (tertiary/aromatic N) is 2. The van der Waals surface area contributed by atoms with Crippen molar-refractivity contribution in [3.8, 4) is 0 Å². The number of benzene rings is 1. The van der Waals surface area contributed by atoms with Crippen molar-refractivity contribution >= 4 is 17.8 Å². The van der Waals surface area contributed by atoms with E-state index in [1.807, 2.05) is 30.3 Å². The van der Waals surface area contributed by atoms with E-state index < -0.39 is 6.03 Å². The molecule has 4 amide bonds. The molecule has 7 nitrogen and oxygen atoms in total. The number of carbonyl (C=O) groups excluding carboxylic acids is 3. The normalized spacial score (nSPS) is 15.0. The Labute approximate surface area is 142 Å². The van der Waals surface area contributed by atoms with Crippen molar-refractivity contribution in [2.75, 3.05) is 32.7 Å². The van der Waals surface area contributed by atoms with E-state index >= 15 is 0 Å². The maximum Gasteiger partial charge on any atom is 0.321 e. The van der Waals surface area contributed by atoms with Crippen LogP contribution in [0.4, 0.5) is 4.79 Å². The summed E-state index contributed by atoms with van der Waals surface area (Å²) in [5, 5.41) is 4.99. The van der Waals surface area contributed by atoms with E-state index in [-0.39, 0.29) is 18.2 Å². The summed E-state index contributed by atoms with van der Waals surface area (Å²) in [6.45, 7) is 5.43. The molecule has 1 saturated heterocycles. The second kappa shape index (κ2) is 9.02. The van der Waals surface area contributed by atoms with Gasteiger partial charge in [-0.2, -0.15) is 0 Å². The van der Waals surface area contributed by atoms with Crippen molar-refractivity contribution < 1.29 is 14.4 Å².